The summed E-state index contributed by atoms with van der Waals surface area (Å²) in [6, 6.07) is 3.45. The highest BCUT2D eigenvalue weighted by molar-refractivity contribution is 5.94. The number of carbonyl (C=O) groups is 1. The first-order chi connectivity index (χ1) is 8.56. The fraction of sp³-hybridized carbons (Fsp3) is 0.571. The number of aliphatic hydroxyl groups is 1. The van der Waals surface area contributed by atoms with E-state index >= 15 is 0 Å². The van der Waals surface area contributed by atoms with Crippen LogP contribution in [0.4, 0.5) is 0 Å². The Bertz CT molecular complexity index is 392. The Morgan fingerprint density at radius 3 is 2.61 bits per heavy atom. The number of nitrogens with one attached hydrogen (secondary N) is 1. The molecule has 2 N–H and O–H groups in total. The molecule has 18 heavy (non-hydrogen) atoms. The maximum Gasteiger partial charge on any atom is 0.251 e. The van der Waals surface area contributed by atoms with Crippen molar-refractivity contribution in [3.8, 4) is 0 Å². The molecule has 4 nitrogen and oxygen atoms in total. The molecule has 0 atom stereocenters. The van der Waals surface area contributed by atoms with Crippen LogP contribution in [0.3, 0.4) is 0 Å². The van der Waals surface area contributed by atoms with E-state index in [0.717, 1.165) is 18.5 Å². The lowest BCUT2D eigenvalue weighted by Crippen LogP contribution is -2.39. The summed E-state index contributed by atoms with van der Waals surface area (Å²) in [6.45, 7) is 6.50. The van der Waals surface area contributed by atoms with Gasteiger partial charge in [-0.2, -0.15) is 0 Å². The maximum absolute atomic E-state index is 12.0. The van der Waals surface area contributed by atoms with E-state index in [2.05, 4.69) is 10.3 Å². The van der Waals surface area contributed by atoms with Crippen LogP contribution in [0, 0.1) is 12.3 Å². The van der Waals surface area contributed by atoms with Crippen molar-refractivity contribution in [2.75, 3.05) is 13.2 Å². The highest BCUT2D eigenvalue weighted by Gasteiger charge is 2.25. The minimum absolute atomic E-state index is 0.0929. The van der Waals surface area contributed by atoms with Crippen molar-refractivity contribution in [3.63, 3.8) is 0 Å². The van der Waals surface area contributed by atoms with E-state index in [-0.39, 0.29) is 17.9 Å². The van der Waals surface area contributed by atoms with Gasteiger partial charge in [0, 0.05) is 29.4 Å². The second-order valence-corrected chi connectivity index (χ2v) is 4.73. The van der Waals surface area contributed by atoms with Gasteiger partial charge in [0.1, 0.15) is 0 Å². The number of rotatable bonds is 6. The molecule has 1 amide bonds. The second kappa shape index (κ2) is 6.50. The van der Waals surface area contributed by atoms with Gasteiger partial charge in [0.25, 0.3) is 5.91 Å². The molecule has 1 aromatic rings. The van der Waals surface area contributed by atoms with Crippen molar-refractivity contribution in [1.82, 2.24) is 10.3 Å². The zero-order chi connectivity index (χ0) is 13.6. The van der Waals surface area contributed by atoms with Crippen molar-refractivity contribution < 1.29 is 9.90 Å². The van der Waals surface area contributed by atoms with Gasteiger partial charge in [-0.25, -0.2) is 0 Å². The summed E-state index contributed by atoms with van der Waals surface area (Å²) in [5.41, 5.74) is 1.22. The number of hydrogen-bond acceptors (Lipinski definition) is 3. The predicted molar refractivity (Wildman–Crippen MR) is 71.4 cm³/mol. The molecule has 0 spiro atoms. The smallest absolute Gasteiger partial charge is 0.251 e. The summed E-state index contributed by atoms with van der Waals surface area (Å²) in [5, 5.41) is 12.3. The van der Waals surface area contributed by atoms with Gasteiger partial charge < -0.3 is 10.4 Å². The Hall–Kier alpha value is -1.42. The Balaban J connectivity index is 2.66. The van der Waals surface area contributed by atoms with Crippen molar-refractivity contribution in [1.29, 1.82) is 0 Å². The van der Waals surface area contributed by atoms with Gasteiger partial charge in [0.05, 0.1) is 6.61 Å². The highest BCUT2D eigenvalue weighted by Crippen LogP contribution is 2.24. The topological polar surface area (TPSA) is 62.2 Å². The molecule has 100 valence electrons. The summed E-state index contributed by atoms with van der Waals surface area (Å²) in [4.78, 5) is 16.0. The number of nitrogens with zero attached hydrogens (tertiary/aromatic N) is 1. The van der Waals surface area contributed by atoms with Crippen molar-refractivity contribution in [3.05, 3.63) is 29.6 Å². The first kappa shape index (κ1) is 14.6. The van der Waals surface area contributed by atoms with E-state index in [1.807, 2.05) is 20.8 Å². The van der Waals surface area contributed by atoms with Crippen LogP contribution in [0.1, 0.15) is 42.7 Å². The third-order valence-corrected chi connectivity index (χ3v) is 3.62. The van der Waals surface area contributed by atoms with Crippen LogP contribution < -0.4 is 5.32 Å². The van der Waals surface area contributed by atoms with Gasteiger partial charge >= 0.3 is 0 Å². The molecule has 0 unspecified atom stereocenters. The van der Waals surface area contributed by atoms with Gasteiger partial charge in [0.2, 0.25) is 0 Å². The lowest BCUT2D eigenvalue weighted by molar-refractivity contribution is 0.0851. The van der Waals surface area contributed by atoms with Gasteiger partial charge in [0.15, 0.2) is 0 Å². The minimum atomic E-state index is -0.211. The van der Waals surface area contributed by atoms with E-state index in [1.165, 1.54) is 0 Å². The first-order valence-corrected chi connectivity index (χ1v) is 6.38. The summed E-state index contributed by atoms with van der Waals surface area (Å²) in [6.07, 6.45) is 3.31. The molecule has 0 radical (unpaired) electrons. The molecule has 0 fully saturated rings. The molecular weight excluding hydrogens is 228 g/mol. The number of aromatic nitrogens is 1. The Morgan fingerprint density at radius 1 is 1.44 bits per heavy atom. The van der Waals surface area contributed by atoms with Crippen LogP contribution in [0.15, 0.2) is 18.3 Å². The number of carbonyl (C=O) groups excluding carboxylic acids is 1. The second-order valence-electron chi connectivity index (χ2n) is 4.73. The molecule has 1 aromatic heterocycles. The Kier molecular flexibility index (Phi) is 5.28. The van der Waals surface area contributed by atoms with Crippen molar-refractivity contribution in [2.45, 2.75) is 33.6 Å². The van der Waals surface area contributed by atoms with Gasteiger partial charge in [-0.3, -0.25) is 9.78 Å². The molecule has 0 aromatic carbocycles. The molecule has 0 aliphatic heterocycles. The van der Waals surface area contributed by atoms with E-state index < -0.39 is 0 Å². The monoisotopic (exact) mass is 250 g/mol. The van der Waals surface area contributed by atoms with Crippen LogP contribution in [0.2, 0.25) is 0 Å². The first-order valence-electron chi connectivity index (χ1n) is 6.38. The van der Waals surface area contributed by atoms with Crippen LogP contribution in [0.5, 0.6) is 0 Å². The van der Waals surface area contributed by atoms with Gasteiger partial charge in [-0.05, 0) is 31.9 Å². The van der Waals surface area contributed by atoms with Crippen molar-refractivity contribution >= 4 is 5.91 Å². The van der Waals surface area contributed by atoms with Gasteiger partial charge in [-0.1, -0.05) is 13.8 Å². The summed E-state index contributed by atoms with van der Waals surface area (Å²) in [7, 11) is 0. The summed E-state index contributed by atoms with van der Waals surface area (Å²) >= 11 is 0. The molecule has 0 saturated carbocycles. The van der Waals surface area contributed by atoms with Crippen LogP contribution >= 0.6 is 0 Å². The van der Waals surface area contributed by atoms with E-state index in [4.69, 9.17) is 0 Å². The number of aryl methyl sites for hydroxylation is 1. The Labute approximate surface area is 108 Å². The van der Waals surface area contributed by atoms with Crippen LogP contribution in [-0.2, 0) is 0 Å². The molecule has 0 aliphatic rings. The lowest BCUT2D eigenvalue weighted by atomic mass is 9.83. The number of amides is 1. The lowest BCUT2D eigenvalue weighted by Gasteiger charge is -2.29. The molecule has 0 bridgehead atoms. The number of pyridine rings is 1. The largest absolute Gasteiger partial charge is 0.396 e. The maximum atomic E-state index is 12.0. The molecule has 1 heterocycles. The van der Waals surface area contributed by atoms with E-state index in [9.17, 15) is 9.90 Å². The molecule has 0 saturated heterocycles. The predicted octanol–water partition coefficient (Wildman–Crippen LogP) is 1.92. The Morgan fingerprint density at radius 2 is 2.11 bits per heavy atom. The SMILES string of the molecule is CCC(CC)(CO)CNC(=O)c1ccnc(C)c1. The molecular formula is C14H22N2O2. The third kappa shape index (κ3) is 3.53. The summed E-state index contributed by atoms with van der Waals surface area (Å²) in [5.74, 6) is -0.111. The highest BCUT2D eigenvalue weighted by atomic mass is 16.3. The fourth-order valence-electron chi connectivity index (χ4n) is 1.84. The van der Waals surface area contributed by atoms with E-state index in [0.29, 0.717) is 12.1 Å². The number of aliphatic hydroxyl groups excluding tert-OH is 1. The normalized spacial score (nSPS) is 11.3. The van der Waals surface area contributed by atoms with Crippen LogP contribution in [-0.4, -0.2) is 29.1 Å². The zero-order valence-corrected chi connectivity index (χ0v) is 11.4. The molecule has 0 aliphatic carbocycles. The summed E-state index contributed by atoms with van der Waals surface area (Å²) < 4.78 is 0. The van der Waals surface area contributed by atoms with E-state index in [1.54, 1.807) is 18.3 Å². The quantitative estimate of drug-likeness (QED) is 0.810. The van der Waals surface area contributed by atoms with Gasteiger partial charge in [-0.15, -0.1) is 0 Å². The van der Waals surface area contributed by atoms with Crippen molar-refractivity contribution in [2.24, 2.45) is 5.41 Å². The average molecular weight is 250 g/mol. The van der Waals surface area contributed by atoms with Crippen LogP contribution in [0.25, 0.3) is 0 Å². The zero-order valence-electron chi connectivity index (χ0n) is 11.4. The molecule has 1 rings (SSSR count). The number of hydrogen-bond donors (Lipinski definition) is 2. The third-order valence-electron chi connectivity index (χ3n) is 3.62. The average Bonchev–Trinajstić information content (AvgIpc) is 2.40. The fourth-order valence-corrected chi connectivity index (χ4v) is 1.84. The molecule has 4 heteroatoms. The minimum Gasteiger partial charge on any atom is -0.396 e. The standard InChI is InChI=1S/C14H22N2O2/c1-4-14(5-2,10-17)9-16-13(18)12-6-7-15-11(3)8-12/h6-8,17H,4-5,9-10H2,1-3H3,(H,16,18).